The van der Waals surface area contributed by atoms with E-state index in [0.717, 1.165) is 25.8 Å². The maximum atomic E-state index is 11.0. The van der Waals surface area contributed by atoms with Crippen LogP contribution in [0.25, 0.3) is 0 Å². The van der Waals surface area contributed by atoms with Crippen LogP contribution < -0.4 is 5.32 Å². The van der Waals surface area contributed by atoms with Crippen LogP contribution in [0.4, 0.5) is 0 Å². The molecule has 0 amide bonds. The molecule has 1 aromatic heterocycles. The molecule has 106 valence electrons. The van der Waals surface area contributed by atoms with Gasteiger partial charge in [-0.15, -0.1) is 0 Å². The molecule has 6 heteroatoms. The summed E-state index contributed by atoms with van der Waals surface area (Å²) in [5.41, 5.74) is 0.617. The second kappa shape index (κ2) is 8.55. The summed E-state index contributed by atoms with van der Waals surface area (Å²) in [5, 5.41) is 21.2. The van der Waals surface area contributed by atoms with Crippen molar-refractivity contribution in [3.63, 3.8) is 0 Å². The second-order valence-corrected chi connectivity index (χ2v) is 4.49. The lowest BCUT2D eigenvalue weighted by Gasteiger charge is -2.15. The topological polar surface area (TPSA) is 95.3 Å². The van der Waals surface area contributed by atoms with Crippen molar-refractivity contribution in [2.45, 2.75) is 32.7 Å². The zero-order chi connectivity index (χ0) is 14.1. The molecule has 0 fully saturated rings. The highest BCUT2D eigenvalue weighted by molar-refractivity contribution is 5.88. The van der Waals surface area contributed by atoms with Crippen molar-refractivity contribution in [3.05, 3.63) is 23.8 Å². The van der Waals surface area contributed by atoms with Gasteiger partial charge in [-0.1, -0.05) is 13.3 Å². The van der Waals surface area contributed by atoms with Crippen molar-refractivity contribution in [3.8, 4) is 0 Å². The summed E-state index contributed by atoms with van der Waals surface area (Å²) in [6, 6.07) is 0. The number of hydrogen-bond acceptors (Lipinski definition) is 5. The molecule has 1 atom stereocenters. The van der Waals surface area contributed by atoms with E-state index in [1.807, 2.05) is 0 Å². The van der Waals surface area contributed by atoms with Gasteiger partial charge in [0.15, 0.2) is 0 Å². The molecule has 0 aliphatic rings. The van der Waals surface area contributed by atoms with Crippen LogP contribution >= 0.6 is 0 Å². The normalized spacial score (nSPS) is 12.3. The molecular formula is C13H21N3O3. The molecule has 1 heterocycles. The number of rotatable bonds is 9. The predicted molar refractivity (Wildman–Crippen MR) is 70.8 cm³/mol. The van der Waals surface area contributed by atoms with Crippen molar-refractivity contribution < 1.29 is 15.0 Å². The third kappa shape index (κ3) is 5.32. The van der Waals surface area contributed by atoms with Gasteiger partial charge in [-0.3, -0.25) is 0 Å². The molecule has 1 unspecified atom stereocenters. The molecule has 0 bridgehead atoms. The number of nitrogens with zero attached hydrogens (tertiary/aromatic N) is 2. The lowest BCUT2D eigenvalue weighted by Crippen LogP contribution is -2.25. The first-order valence-electron chi connectivity index (χ1n) is 6.52. The Morgan fingerprint density at radius 3 is 2.89 bits per heavy atom. The van der Waals surface area contributed by atoms with Gasteiger partial charge < -0.3 is 15.5 Å². The van der Waals surface area contributed by atoms with Crippen molar-refractivity contribution in [2.24, 2.45) is 5.92 Å². The van der Waals surface area contributed by atoms with E-state index in [1.165, 1.54) is 12.5 Å². The Labute approximate surface area is 112 Å². The fourth-order valence-electron chi connectivity index (χ4n) is 2.01. The summed E-state index contributed by atoms with van der Waals surface area (Å²) in [4.78, 5) is 18.7. The number of carbonyl (C=O) groups is 1. The van der Waals surface area contributed by atoms with E-state index in [2.05, 4.69) is 22.2 Å². The number of aromatic nitrogens is 2. The molecule has 0 saturated heterocycles. The van der Waals surface area contributed by atoms with E-state index in [1.54, 1.807) is 0 Å². The molecule has 0 aliphatic carbocycles. The minimum atomic E-state index is -1.02. The van der Waals surface area contributed by atoms with Crippen LogP contribution in [0.15, 0.2) is 12.5 Å². The summed E-state index contributed by atoms with van der Waals surface area (Å²) in [6.45, 7) is 3.44. The zero-order valence-corrected chi connectivity index (χ0v) is 11.2. The molecule has 0 saturated carbocycles. The number of hydrogen-bond donors (Lipinski definition) is 3. The summed E-state index contributed by atoms with van der Waals surface area (Å²) < 4.78 is 0. The Bertz CT molecular complexity index is 392. The van der Waals surface area contributed by atoms with E-state index in [-0.39, 0.29) is 12.2 Å². The van der Waals surface area contributed by atoms with Crippen LogP contribution in [0.3, 0.4) is 0 Å². The standard InChI is InChI=1S/C13H21N3O3/c1-2-3-10(4-5-17)6-14-8-12-11(13(18)19)7-15-9-16-12/h7,9-10,14,17H,2-6,8H2,1H3,(H,18,19). The highest BCUT2D eigenvalue weighted by Crippen LogP contribution is 2.10. The fraction of sp³-hybridized carbons (Fsp3) is 0.615. The van der Waals surface area contributed by atoms with Crippen LogP contribution in [-0.2, 0) is 6.54 Å². The maximum Gasteiger partial charge on any atom is 0.339 e. The number of aromatic carboxylic acids is 1. The molecule has 6 nitrogen and oxygen atoms in total. The molecule has 1 aromatic rings. The Balaban J connectivity index is 2.50. The van der Waals surface area contributed by atoms with Crippen molar-refractivity contribution in [1.82, 2.24) is 15.3 Å². The van der Waals surface area contributed by atoms with Gasteiger partial charge in [0, 0.05) is 19.3 Å². The highest BCUT2D eigenvalue weighted by atomic mass is 16.4. The van der Waals surface area contributed by atoms with E-state index in [4.69, 9.17) is 10.2 Å². The smallest absolute Gasteiger partial charge is 0.339 e. The maximum absolute atomic E-state index is 11.0. The van der Waals surface area contributed by atoms with Gasteiger partial charge in [0.1, 0.15) is 11.9 Å². The largest absolute Gasteiger partial charge is 0.478 e. The molecule has 1 rings (SSSR count). The SMILES string of the molecule is CCCC(CCO)CNCc1ncncc1C(=O)O. The lowest BCUT2D eigenvalue weighted by atomic mass is 10.0. The molecule has 0 radical (unpaired) electrons. The highest BCUT2D eigenvalue weighted by Gasteiger charge is 2.12. The van der Waals surface area contributed by atoms with Gasteiger partial charge in [-0.05, 0) is 25.3 Å². The third-order valence-electron chi connectivity index (χ3n) is 2.98. The third-order valence-corrected chi connectivity index (χ3v) is 2.98. The minimum absolute atomic E-state index is 0.129. The van der Waals surface area contributed by atoms with E-state index in [9.17, 15) is 4.79 Å². The van der Waals surface area contributed by atoms with Gasteiger partial charge in [-0.25, -0.2) is 14.8 Å². The van der Waals surface area contributed by atoms with E-state index < -0.39 is 5.97 Å². The molecular weight excluding hydrogens is 246 g/mol. The quantitative estimate of drug-likeness (QED) is 0.619. The lowest BCUT2D eigenvalue weighted by molar-refractivity contribution is 0.0694. The average Bonchev–Trinajstić information content (AvgIpc) is 2.39. The molecule has 3 N–H and O–H groups in total. The summed E-state index contributed by atoms with van der Waals surface area (Å²) in [7, 11) is 0. The fourth-order valence-corrected chi connectivity index (χ4v) is 2.01. The number of carboxylic acid groups (broad SMARTS) is 1. The van der Waals surface area contributed by atoms with Gasteiger partial charge in [0.05, 0.1) is 5.69 Å². The van der Waals surface area contributed by atoms with Crippen molar-refractivity contribution in [2.75, 3.05) is 13.2 Å². The van der Waals surface area contributed by atoms with Crippen LogP contribution in [0.5, 0.6) is 0 Å². The first-order valence-corrected chi connectivity index (χ1v) is 6.52. The number of aliphatic hydroxyl groups excluding tert-OH is 1. The van der Waals surface area contributed by atoms with E-state index >= 15 is 0 Å². The summed E-state index contributed by atoms with van der Waals surface area (Å²) in [6.07, 6.45) is 5.53. The summed E-state index contributed by atoms with van der Waals surface area (Å²) in [5.74, 6) is -0.608. The van der Waals surface area contributed by atoms with Crippen molar-refractivity contribution >= 4 is 5.97 Å². The van der Waals surface area contributed by atoms with Crippen LogP contribution in [0.2, 0.25) is 0 Å². The molecule has 0 aromatic carbocycles. The van der Waals surface area contributed by atoms with Crippen LogP contribution in [0.1, 0.15) is 42.2 Å². The predicted octanol–water partition coefficient (Wildman–Crippen LogP) is 1.06. The van der Waals surface area contributed by atoms with E-state index in [0.29, 0.717) is 18.2 Å². The molecule has 0 aliphatic heterocycles. The molecule has 19 heavy (non-hydrogen) atoms. The van der Waals surface area contributed by atoms with Gasteiger partial charge in [0.25, 0.3) is 0 Å². The van der Waals surface area contributed by atoms with Crippen molar-refractivity contribution in [1.29, 1.82) is 0 Å². The number of aliphatic hydroxyl groups is 1. The minimum Gasteiger partial charge on any atom is -0.478 e. The zero-order valence-electron chi connectivity index (χ0n) is 11.2. The molecule has 0 spiro atoms. The first-order chi connectivity index (χ1) is 9.19. The van der Waals surface area contributed by atoms with Crippen LogP contribution in [-0.4, -0.2) is 39.3 Å². The summed E-state index contributed by atoms with van der Waals surface area (Å²) >= 11 is 0. The van der Waals surface area contributed by atoms with Gasteiger partial charge in [0.2, 0.25) is 0 Å². The second-order valence-electron chi connectivity index (χ2n) is 4.49. The van der Waals surface area contributed by atoms with Gasteiger partial charge >= 0.3 is 5.97 Å². The Morgan fingerprint density at radius 2 is 2.26 bits per heavy atom. The first kappa shape index (κ1) is 15.5. The van der Waals surface area contributed by atoms with Gasteiger partial charge in [-0.2, -0.15) is 0 Å². The Hall–Kier alpha value is -1.53. The Morgan fingerprint density at radius 1 is 1.47 bits per heavy atom. The monoisotopic (exact) mass is 267 g/mol. The number of nitrogens with one attached hydrogen (secondary N) is 1. The Kier molecular flexibility index (Phi) is 6.99. The average molecular weight is 267 g/mol. The number of carboxylic acids is 1. The van der Waals surface area contributed by atoms with Crippen LogP contribution in [0, 0.1) is 5.92 Å².